The van der Waals surface area contributed by atoms with Crippen molar-refractivity contribution in [3.05, 3.63) is 0 Å². The molecule has 1 aliphatic heterocycles. The number of hydrogen-bond donors (Lipinski definition) is 1. The molecule has 0 saturated carbocycles. The monoisotopic (exact) mass is 128 g/mol. The molecule has 1 heterocycles. The molecule has 1 atom stereocenters. The third-order valence-corrected chi connectivity index (χ3v) is 1.69. The van der Waals surface area contributed by atoms with E-state index in [-0.39, 0.29) is 11.6 Å². The maximum atomic E-state index is 5.33. The summed E-state index contributed by atoms with van der Waals surface area (Å²) >= 11 is 0. The van der Waals surface area contributed by atoms with E-state index < -0.39 is 0 Å². The molecule has 52 valence electrons. The van der Waals surface area contributed by atoms with E-state index in [0.717, 1.165) is 0 Å². The first kappa shape index (κ1) is 6.39. The summed E-state index contributed by atoms with van der Waals surface area (Å²) in [6.45, 7) is 5.96. The van der Waals surface area contributed by atoms with Crippen molar-refractivity contribution in [2.45, 2.75) is 32.4 Å². The molecular formula is C6H12N2O. The number of rotatable bonds is 0. The van der Waals surface area contributed by atoms with E-state index in [1.165, 1.54) is 0 Å². The molecule has 2 N–H and O–H groups in total. The number of hydrogen-bond acceptors (Lipinski definition) is 3. The maximum absolute atomic E-state index is 5.33. The number of aliphatic imine (C=N–C) groups is 1. The summed E-state index contributed by atoms with van der Waals surface area (Å²) in [5.41, 5.74) is 5.19. The zero-order valence-electron chi connectivity index (χ0n) is 6.01. The first-order chi connectivity index (χ1) is 4.02. The Labute approximate surface area is 54.9 Å². The van der Waals surface area contributed by atoms with E-state index in [0.29, 0.717) is 6.02 Å². The van der Waals surface area contributed by atoms with Crippen molar-refractivity contribution >= 4 is 6.02 Å². The fraction of sp³-hybridized carbons (Fsp3) is 0.833. The molecule has 0 aromatic heterocycles. The number of amidine groups is 1. The highest BCUT2D eigenvalue weighted by Crippen LogP contribution is 2.22. The van der Waals surface area contributed by atoms with Gasteiger partial charge in [-0.3, -0.25) is 0 Å². The smallest absolute Gasteiger partial charge is 0.282 e. The Hall–Kier alpha value is -0.730. The molecule has 0 radical (unpaired) electrons. The second-order valence-corrected chi connectivity index (χ2v) is 2.86. The van der Waals surface area contributed by atoms with Gasteiger partial charge >= 0.3 is 0 Å². The summed E-state index contributed by atoms with van der Waals surface area (Å²) in [6.07, 6.45) is 0.109. The SMILES string of the molecule is CC1OC(N)=NC1(C)C. The molecule has 0 amide bonds. The Morgan fingerprint density at radius 2 is 2.22 bits per heavy atom. The molecule has 0 saturated heterocycles. The minimum absolute atomic E-state index is 0.109. The summed E-state index contributed by atoms with van der Waals surface area (Å²) in [5.74, 6) is 0. The van der Waals surface area contributed by atoms with Crippen molar-refractivity contribution in [2.24, 2.45) is 10.7 Å². The molecule has 1 aliphatic rings. The summed E-state index contributed by atoms with van der Waals surface area (Å²) in [7, 11) is 0. The first-order valence-electron chi connectivity index (χ1n) is 3.04. The van der Waals surface area contributed by atoms with E-state index in [4.69, 9.17) is 10.5 Å². The lowest BCUT2D eigenvalue weighted by Crippen LogP contribution is -2.28. The van der Waals surface area contributed by atoms with Crippen molar-refractivity contribution in [1.82, 2.24) is 0 Å². The zero-order chi connectivity index (χ0) is 7.07. The van der Waals surface area contributed by atoms with Crippen molar-refractivity contribution in [3.8, 4) is 0 Å². The van der Waals surface area contributed by atoms with Crippen LogP contribution in [0.25, 0.3) is 0 Å². The second kappa shape index (κ2) is 1.62. The van der Waals surface area contributed by atoms with Crippen LogP contribution in [0.2, 0.25) is 0 Å². The Morgan fingerprint density at radius 1 is 1.67 bits per heavy atom. The normalized spacial score (nSPS) is 31.4. The van der Waals surface area contributed by atoms with Gasteiger partial charge in [0.15, 0.2) is 0 Å². The quantitative estimate of drug-likeness (QED) is 0.516. The molecule has 9 heavy (non-hydrogen) atoms. The van der Waals surface area contributed by atoms with Gasteiger partial charge in [0.05, 0.1) is 5.54 Å². The van der Waals surface area contributed by atoms with E-state index in [9.17, 15) is 0 Å². The van der Waals surface area contributed by atoms with Crippen LogP contribution in [0.1, 0.15) is 20.8 Å². The lowest BCUT2D eigenvalue weighted by molar-refractivity contribution is 0.172. The average Bonchev–Trinajstić information content (AvgIpc) is 1.79. The Bertz CT molecular complexity index is 151. The molecule has 0 aromatic carbocycles. The van der Waals surface area contributed by atoms with E-state index in [2.05, 4.69) is 4.99 Å². The molecule has 3 nitrogen and oxygen atoms in total. The summed E-state index contributed by atoms with van der Waals surface area (Å²) < 4.78 is 5.10. The second-order valence-electron chi connectivity index (χ2n) is 2.86. The molecule has 3 heteroatoms. The molecule has 1 rings (SSSR count). The fourth-order valence-corrected chi connectivity index (χ4v) is 0.727. The third-order valence-electron chi connectivity index (χ3n) is 1.69. The molecule has 1 unspecified atom stereocenters. The van der Waals surface area contributed by atoms with E-state index >= 15 is 0 Å². The van der Waals surface area contributed by atoms with Gasteiger partial charge < -0.3 is 10.5 Å². The Balaban J connectivity index is 2.76. The summed E-state index contributed by atoms with van der Waals surface area (Å²) in [6, 6.07) is 0.313. The van der Waals surface area contributed by atoms with Gasteiger partial charge in [0.2, 0.25) is 0 Å². The lowest BCUT2D eigenvalue weighted by Gasteiger charge is -2.17. The number of ether oxygens (including phenoxy) is 1. The van der Waals surface area contributed by atoms with Gasteiger partial charge in [-0.05, 0) is 20.8 Å². The van der Waals surface area contributed by atoms with Gasteiger partial charge in [0, 0.05) is 0 Å². The Kier molecular flexibility index (Phi) is 1.15. The Morgan fingerprint density at radius 3 is 2.33 bits per heavy atom. The van der Waals surface area contributed by atoms with Gasteiger partial charge in [-0.15, -0.1) is 0 Å². The largest absolute Gasteiger partial charge is 0.460 e. The molecule has 0 aromatic rings. The summed E-state index contributed by atoms with van der Waals surface area (Å²) in [4.78, 5) is 4.07. The van der Waals surface area contributed by atoms with Crippen LogP contribution >= 0.6 is 0 Å². The van der Waals surface area contributed by atoms with Crippen LogP contribution in [0.3, 0.4) is 0 Å². The number of nitrogens with two attached hydrogens (primary N) is 1. The van der Waals surface area contributed by atoms with Crippen LogP contribution in [0.5, 0.6) is 0 Å². The lowest BCUT2D eigenvalue weighted by atomic mass is 10.0. The predicted octanol–water partition coefficient (Wildman–Crippen LogP) is 0.498. The topological polar surface area (TPSA) is 47.6 Å². The highest BCUT2D eigenvalue weighted by molar-refractivity contribution is 5.74. The third kappa shape index (κ3) is 0.992. The average molecular weight is 128 g/mol. The standard InChI is InChI=1S/C6H12N2O/c1-4-6(2,3)8-5(7)9-4/h4H,1-3H3,(H2,7,8). The first-order valence-corrected chi connectivity index (χ1v) is 3.04. The van der Waals surface area contributed by atoms with Crippen molar-refractivity contribution in [1.29, 1.82) is 0 Å². The maximum Gasteiger partial charge on any atom is 0.282 e. The van der Waals surface area contributed by atoms with E-state index in [1.807, 2.05) is 20.8 Å². The van der Waals surface area contributed by atoms with Gasteiger partial charge in [0.1, 0.15) is 6.10 Å². The number of nitrogens with zero attached hydrogens (tertiary/aromatic N) is 1. The van der Waals surface area contributed by atoms with Crippen LogP contribution < -0.4 is 5.73 Å². The molecule has 0 spiro atoms. The molecule has 0 fully saturated rings. The molecule has 0 bridgehead atoms. The minimum atomic E-state index is -0.135. The van der Waals surface area contributed by atoms with Crippen LogP contribution in [-0.2, 0) is 4.74 Å². The molecular weight excluding hydrogens is 116 g/mol. The van der Waals surface area contributed by atoms with Crippen LogP contribution in [0.4, 0.5) is 0 Å². The summed E-state index contributed by atoms with van der Waals surface area (Å²) in [5, 5.41) is 0. The van der Waals surface area contributed by atoms with Crippen LogP contribution in [0, 0.1) is 0 Å². The van der Waals surface area contributed by atoms with Crippen molar-refractivity contribution < 1.29 is 4.74 Å². The minimum Gasteiger partial charge on any atom is -0.460 e. The van der Waals surface area contributed by atoms with Gasteiger partial charge in [-0.2, -0.15) is 0 Å². The van der Waals surface area contributed by atoms with Gasteiger partial charge in [0.25, 0.3) is 6.02 Å². The van der Waals surface area contributed by atoms with E-state index in [1.54, 1.807) is 0 Å². The zero-order valence-corrected chi connectivity index (χ0v) is 6.01. The van der Waals surface area contributed by atoms with Gasteiger partial charge in [-0.1, -0.05) is 0 Å². The predicted molar refractivity (Wildman–Crippen MR) is 36.2 cm³/mol. The van der Waals surface area contributed by atoms with Crippen LogP contribution in [0.15, 0.2) is 4.99 Å². The van der Waals surface area contributed by atoms with Crippen molar-refractivity contribution in [2.75, 3.05) is 0 Å². The van der Waals surface area contributed by atoms with Gasteiger partial charge in [-0.25, -0.2) is 4.99 Å². The fourth-order valence-electron chi connectivity index (χ4n) is 0.727. The van der Waals surface area contributed by atoms with Crippen LogP contribution in [-0.4, -0.2) is 17.7 Å². The highest BCUT2D eigenvalue weighted by Gasteiger charge is 2.33. The highest BCUT2D eigenvalue weighted by atomic mass is 16.5. The molecule has 0 aliphatic carbocycles. The van der Waals surface area contributed by atoms with Crippen molar-refractivity contribution in [3.63, 3.8) is 0 Å².